The Morgan fingerprint density at radius 2 is 1.05 bits per heavy atom. The largest absolute Gasteiger partial charge is 0.519 e. The molecule has 0 spiro atoms. The molecule has 0 atom stereocenters. The zero-order chi connectivity index (χ0) is 13.8. The summed E-state index contributed by atoms with van der Waals surface area (Å²) in [5.41, 5.74) is 2.73. The Morgan fingerprint density at radius 3 is 1.45 bits per heavy atom. The molecule has 0 unspecified atom stereocenters. The Morgan fingerprint density at radius 1 is 0.650 bits per heavy atom. The first-order chi connectivity index (χ1) is 9.81. The van der Waals surface area contributed by atoms with Crippen LogP contribution in [-0.2, 0) is 0 Å². The lowest BCUT2D eigenvalue weighted by molar-refractivity contribution is 0.371. The third kappa shape index (κ3) is 2.78. The van der Waals surface area contributed by atoms with Gasteiger partial charge in [0, 0.05) is 0 Å². The minimum Gasteiger partial charge on any atom is -0.391 e. The fourth-order valence-electron chi connectivity index (χ4n) is 1.90. The average Bonchev–Trinajstić information content (AvgIpc) is 2.81. The fourth-order valence-corrected chi connectivity index (χ4v) is 1.90. The van der Waals surface area contributed by atoms with E-state index in [1.54, 1.807) is 12.2 Å². The minimum absolute atomic E-state index is 0.421. The van der Waals surface area contributed by atoms with Gasteiger partial charge in [0.2, 0.25) is 0 Å². The van der Waals surface area contributed by atoms with E-state index in [1.807, 2.05) is 60.7 Å². The van der Waals surface area contributed by atoms with Gasteiger partial charge >= 0.3 is 5.82 Å². The highest BCUT2D eigenvalue weighted by Crippen LogP contribution is 1.99. The van der Waals surface area contributed by atoms with Crippen molar-refractivity contribution in [3.63, 3.8) is 0 Å². The van der Waals surface area contributed by atoms with E-state index in [0.29, 0.717) is 10.8 Å². The molecule has 98 valence electrons. The number of hydrogen-bond acceptors (Lipinski definition) is 3. The van der Waals surface area contributed by atoms with Gasteiger partial charge in [-0.2, -0.15) is 0 Å². The molecular formula is C17H12O3. The van der Waals surface area contributed by atoms with Crippen molar-refractivity contribution in [2.24, 2.45) is 0 Å². The quantitative estimate of drug-likeness (QED) is 0.710. The van der Waals surface area contributed by atoms with Crippen molar-refractivity contribution in [2.45, 2.75) is 0 Å². The van der Waals surface area contributed by atoms with Gasteiger partial charge in [-0.1, -0.05) is 60.7 Å². The molecule has 0 aliphatic rings. The van der Waals surface area contributed by atoms with Gasteiger partial charge in [-0.05, 0) is 23.3 Å². The van der Waals surface area contributed by atoms with Crippen LogP contribution in [0.2, 0.25) is 0 Å². The van der Waals surface area contributed by atoms with Crippen LogP contribution in [0.25, 0.3) is 12.2 Å². The summed E-state index contributed by atoms with van der Waals surface area (Å²) < 4.78 is 10.2. The summed E-state index contributed by atoms with van der Waals surface area (Å²) in [5.74, 6) is -0.700. The molecular weight excluding hydrogens is 252 g/mol. The van der Waals surface area contributed by atoms with Crippen molar-refractivity contribution in [1.29, 1.82) is 0 Å². The Labute approximate surface area is 115 Å². The van der Waals surface area contributed by atoms with Gasteiger partial charge in [0.1, 0.15) is 0 Å². The van der Waals surface area contributed by atoms with E-state index in [1.165, 1.54) is 0 Å². The molecule has 0 saturated heterocycles. The molecule has 0 bridgehead atoms. The van der Waals surface area contributed by atoms with Gasteiger partial charge in [0.05, 0.1) is 0 Å². The van der Waals surface area contributed by atoms with Crippen molar-refractivity contribution in [3.05, 3.63) is 93.2 Å². The van der Waals surface area contributed by atoms with Crippen LogP contribution in [0.1, 0.15) is 11.1 Å². The SMILES string of the molecule is O=c1oc(=Cc2ccccc2)c(=Cc2ccccc2)o1. The molecule has 3 heteroatoms. The highest BCUT2D eigenvalue weighted by atomic mass is 16.6. The van der Waals surface area contributed by atoms with Crippen molar-refractivity contribution in [2.75, 3.05) is 0 Å². The van der Waals surface area contributed by atoms with Crippen molar-refractivity contribution in [3.8, 4) is 0 Å². The highest BCUT2D eigenvalue weighted by Gasteiger charge is 1.98. The van der Waals surface area contributed by atoms with Gasteiger partial charge < -0.3 is 8.83 Å². The van der Waals surface area contributed by atoms with Gasteiger partial charge in [-0.3, -0.25) is 0 Å². The maximum Gasteiger partial charge on any atom is 0.519 e. The lowest BCUT2D eigenvalue weighted by atomic mass is 10.2. The number of hydrogen-bond donors (Lipinski definition) is 0. The Balaban J connectivity index is 2.17. The van der Waals surface area contributed by atoms with Gasteiger partial charge in [0.15, 0.2) is 10.8 Å². The molecule has 0 aliphatic heterocycles. The van der Waals surface area contributed by atoms with Crippen molar-refractivity contribution in [1.82, 2.24) is 0 Å². The zero-order valence-electron chi connectivity index (χ0n) is 10.7. The van der Waals surface area contributed by atoms with Crippen LogP contribution in [0, 0.1) is 0 Å². The topological polar surface area (TPSA) is 43.4 Å². The molecule has 3 nitrogen and oxygen atoms in total. The molecule has 1 aromatic heterocycles. The Kier molecular flexibility index (Phi) is 3.33. The molecule has 0 N–H and O–H groups in total. The van der Waals surface area contributed by atoms with Gasteiger partial charge in [-0.25, -0.2) is 4.79 Å². The first kappa shape index (κ1) is 12.2. The smallest absolute Gasteiger partial charge is 0.391 e. The molecule has 3 aromatic rings. The second-order valence-electron chi connectivity index (χ2n) is 4.29. The van der Waals surface area contributed by atoms with Crippen LogP contribution >= 0.6 is 0 Å². The molecule has 2 aromatic carbocycles. The summed E-state index contributed by atoms with van der Waals surface area (Å²) in [6.45, 7) is 0. The molecule has 0 radical (unpaired) electrons. The van der Waals surface area contributed by atoms with Crippen LogP contribution in [-0.4, -0.2) is 0 Å². The summed E-state index contributed by atoms with van der Waals surface area (Å²) in [5, 5.41) is 0. The second-order valence-corrected chi connectivity index (χ2v) is 4.29. The summed E-state index contributed by atoms with van der Waals surface area (Å²) in [6, 6.07) is 19.3. The van der Waals surface area contributed by atoms with E-state index in [0.717, 1.165) is 11.1 Å². The number of benzene rings is 2. The Hall–Kier alpha value is -2.81. The van der Waals surface area contributed by atoms with E-state index in [-0.39, 0.29) is 0 Å². The van der Waals surface area contributed by atoms with Crippen molar-refractivity contribution < 1.29 is 8.83 Å². The van der Waals surface area contributed by atoms with Crippen LogP contribution in [0.3, 0.4) is 0 Å². The van der Waals surface area contributed by atoms with E-state index < -0.39 is 5.82 Å². The second kappa shape index (κ2) is 5.45. The van der Waals surface area contributed by atoms with Crippen LogP contribution in [0.4, 0.5) is 0 Å². The number of rotatable bonds is 2. The predicted octanol–water partition coefficient (Wildman–Crippen LogP) is 1.89. The third-order valence-electron chi connectivity index (χ3n) is 2.82. The molecule has 20 heavy (non-hydrogen) atoms. The Bertz CT molecular complexity index is 784. The highest BCUT2D eigenvalue weighted by molar-refractivity contribution is 5.51. The predicted molar refractivity (Wildman–Crippen MR) is 76.5 cm³/mol. The van der Waals surface area contributed by atoms with E-state index in [9.17, 15) is 4.79 Å². The molecule has 0 amide bonds. The fraction of sp³-hybridized carbons (Fsp3) is 0. The van der Waals surface area contributed by atoms with Crippen LogP contribution < -0.4 is 16.7 Å². The monoisotopic (exact) mass is 264 g/mol. The summed E-state index contributed by atoms with van der Waals surface area (Å²) in [7, 11) is 0. The van der Waals surface area contributed by atoms with E-state index in [2.05, 4.69) is 0 Å². The minimum atomic E-state index is -0.700. The molecule has 0 fully saturated rings. The molecule has 3 rings (SSSR count). The first-order valence-electron chi connectivity index (χ1n) is 6.25. The van der Waals surface area contributed by atoms with Crippen LogP contribution in [0.15, 0.2) is 74.3 Å². The maximum absolute atomic E-state index is 11.3. The van der Waals surface area contributed by atoms with E-state index >= 15 is 0 Å². The molecule has 0 saturated carbocycles. The molecule has 1 heterocycles. The standard InChI is InChI=1S/C17H12O3/c18-17-19-15(11-13-7-3-1-4-8-13)16(20-17)12-14-9-5-2-6-10-14/h1-12H. The third-order valence-corrected chi connectivity index (χ3v) is 2.82. The summed E-state index contributed by atoms with van der Waals surface area (Å²) >= 11 is 0. The lowest BCUT2D eigenvalue weighted by Crippen LogP contribution is -2.19. The normalized spacial score (nSPS) is 12.8. The van der Waals surface area contributed by atoms with Gasteiger partial charge in [-0.15, -0.1) is 0 Å². The lowest BCUT2D eigenvalue weighted by Gasteiger charge is -1.89. The van der Waals surface area contributed by atoms with Crippen LogP contribution in [0.5, 0.6) is 0 Å². The first-order valence-corrected chi connectivity index (χ1v) is 6.25. The average molecular weight is 264 g/mol. The zero-order valence-corrected chi connectivity index (χ0v) is 10.7. The molecule has 0 aliphatic carbocycles. The summed E-state index contributed by atoms with van der Waals surface area (Å²) in [4.78, 5) is 11.3. The summed E-state index contributed by atoms with van der Waals surface area (Å²) in [6.07, 6.45) is 3.55. The maximum atomic E-state index is 11.3. The van der Waals surface area contributed by atoms with E-state index in [4.69, 9.17) is 8.83 Å². The van der Waals surface area contributed by atoms with Crippen molar-refractivity contribution >= 4 is 12.2 Å². The van der Waals surface area contributed by atoms with Gasteiger partial charge in [0.25, 0.3) is 0 Å².